The maximum atomic E-state index is 12.1. The minimum absolute atomic E-state index is 0.0392. The highest BCUT2D eigenvalue weighted by atomic mass is 35.5. The topological polar surface area (TPSA) is 64.6 Å². The SMILES string of the molecule is COC(=O)CCCC(=O)Nc1ccc(OC(F)F)c(Cl)c1. The number of ether oxygens (including phenoxy) is 2. The summed E-state index contributed by atoms with van der Waals surface area (Å²) in [5, 5.41) is 2.50. The van der Waals surface area contributed by atoms with E-state index in [0.717, 1.165) is 0 Å². The quantitative estimate of drug-likeness (QED) is 0.783. The van der Waals surface area contributed by atoms with Crippen LogP contribution in [0.4, 0.5) is 14.5 Å². The van der Waals surface area contributed by atoms with Crippen LogP contribution in [0.15, 0.2) is 18.2 Å². The lowest BCUT2D eigenvalue weighted by atomic mass is 10.2. The minimum Gasteiger partial charge on any atom is -0.469 e. The molecule has 1 aromatic rings. The van der Waals surface area contributed by atoms with Crippen LogP contribution in [0.25, 0.3) is 0 Å². The van der Waals surface area contributed by atoms with Gasteiger partial charge in [-0.3, -0.25) is 9.59 Å². The van der Waals surface area contributed by atoms with Gasteiger partial charge in [0, 0.05) is 18.5 Å². The number of hydrogen-bond donors (Lipinski definition) is 1. The third kappa shape index (κ3) is 6.40. The van der Waals surface area contributed by atoms with Gasteiger partial charge in [-0.2, -0.15) is 8.78 Å². The van der Waals surface area contributed by atoms with E-state index in [1.54, 1.807) is 0 Å². The Morgan fingerprint density at radius 2 is 2.05 bits per heavy atom. The fourth-order valence-corrected chi connectivity index (χ4v) is 1.71. The number of anilines is 1. The molecule has 0 heterocycles. The summed E-state index contributed by atoms with van der Waals surface area (Å²) in [4.78, 5) is 22.5. The van der Waals surface area contributed by atoms with Gasteiger partial charge in [0.05, 0.1) is 12.1 Å². The van der Waals surface area contributed by atoms with Crippen LogP contribution in [-0.4, -0.2) is 25.6 Å². The van der Waals surface area contributed by atoms with Gasteiger partial charge in [0.1, 0.15) is 5.75 Å². The molecule has 1 rings (SSSR count). The zero-order valence-electron chi connectivity index (χ0n) is 11.2. The average molecular weight is 322 g/mol. The third-order valence-electron chi connectivity index (χ3n) is 2.44. The van der Waals surface area contributed by atoms with E-state index in [-0.39, 0.29) is 35.5 Å². The van der Waals surface area contributed by atoms with E-state index in [9.17, 15) is 18.4 Å². The zero-order chi connectivity index (χ0) is 15.8. The van der Waals surface area contributed by atoms with Gasteiger partial charge in [0.25, 0.3) is 0 Å². The van der Waals surface area contributed by atoms with Crippen molar-refractivity contribution in [2.75, 3.05) is 12.4 Å². The lowest BCUT2D eigenvalue weighted by Crippen LogP contribution is -2.12. The summed E-state index contributed by atoms with van der Waals surface area (Å²) >= 11 is 5.75. The Balaban J connectivity index is 2.49. The van der Waals surface area contributed by atoms with Crippen molar-refractivity contribution in [1.82, 2.24) is 0 Å². The normalized spacial score (nSPS) is 10.3. The van der Waals surface area contributed by atoms with Crippen molar-refractivity contribution in [3.05, 3.63) is 23.2 Å². The van der Waals surface area contributed by atoms with Crippen LogP contribution in [0.3, 0.4) is 0 Å². The van der Waals surface area contributed by atoms with Gasteiger partial charge in [-0.1, -0.05) is 11.6 Å². The molecule has 0 fully saturated rings. The van der Waals surface area contributed by atoms with Gasteiger partial charge in [-0.05, 0) is 24.6 Å². The zero-order valence-corrected chi connectivity index (χ0v) is 12.0. The molecule has 0 radical (unpaired) electrons. The third-order valence-corrected chi connectivity index (χ3v) is 2.74. The van der Waals surface area contributed by atoms with Gasteiger partial charge in [-0.25, -0.2) is 0 Å². The number of carbonyl (C=O) groups is 2. The number of alkyl halides is 2. The van der Waals surface area contributed by atoms with E-state index in [0.29, 0.717) is 12.1 Å². The number of nitrogens with one attached hydrogen (secondary N) is 1. The number of halogens is 3. The predicted molar refractivity (Wildman–Crippen MR) is 72.6 cm³/mol. The Hall–Kier alpha value is -1.89. The molecule has 0 spiro atoms. The molecule has 1 N–H and O–H groups in total. The van der Waals surface area contributed by atoms with Crippen LogP contribution in [0.1, 0.15) is 19.3 Å². The second-order valence-corrected chi connectivity index (χ2v) is 4.41. The largest absolute Gasteiger partial charge is 0.469 e. The van der Waals surface area contributed by atoms with E-state index in [2.05, 4.69) is 14.8 Å². The van der Waals surface area contributed by atoms with E-state index < -0.39 is 6.61 Å². The first-order valence-electron chi connectivity index (χ1n) is 6.03. The summed E-state index contributed by atoms with van der Waals surface area (Å²) in [5.74, 6) is -0.882. The van der Waals surface area contributed by atoms with Crippen LogP contribution in [0, 0.1) is 0 Å². The monoisotopic (exact) mass is 321 g/mol. The van der Waals surface area contributed by atoms with E-state index in [4.69, 9.17) is 11.6 Å². The molecule has 0 saturated heterocycles. The first-order valence-corrected chi connectivity index (χ1v) is 6.41. The van der Waals surface area contributed by atoms with Crippen LogP contribution >= 0.6 is 11.6 Å². The van der Waals surface area contributed by atoms with Crippen LogP contribution < -0.4 is 10.1 Å². The maximum Gasteiger partial charge on any atom is 0.387 e. The molecule has 0 aliphatic rings. The molecular formula is C13H14ClF2NO4. The molecule has 21 heavy (non-hydrogen) atoms. The molecule has 8 heteroatoms. The molecule has 0 aliphatic carbocycles. The van der Waals surface area contributed by atoms with Crippen LogP contribution in [-0.2, 0) is 14.3 Å². The van der Waals surface area contributed by atoms with Gasteiger partial charge in [-0.15, -0.1) is 0 Å². The van der Waals surface area contributed by atoms with Crippen LogP contribution in [0.5, 0.6) is 5.75 Å². The Kier molecular flexibility index (Phi) is 6.87. The summed E-state index contributed by atoms with van der Waals surface area (Å²) in [6.45, 7) is -2.97. The Morgan fingerprint density at radius 1 is 1.33 bits per heavy atom. The van der Waals surface area contributed by atoms with Gasteiger partial charge in [0.15, 0.2) is 0 Å². The highest BCUT2D eigenvalue weighted by Crippen LogP contribution is 2.29. The fraction of sp³-hybridized carbons (Fsp3) is 0.385. The van der Waals surface area contributed by atoms with Crippen molar-refractivity contribution in [2.45, 2.75) is 25.9 Å². The Labute approximate surface area is 125 Å². The summed E-state index contributed by atoms with van der Waals surface area (Å²) in [5.41, 5.74) is 0.352. The molecule has 0 atom stereocenters. The first-order chi connectivity index (χ1) is 9.92. The van der Waals surface area contributed by atoms with Gasteiger partial charge >= 0.3 is 12.6 Å². The number of methoxy groups -OCH3 is 1. The molecule has 116 valence electrons. The summed E-state index contributed by atoms with van der Waals surface area (Å²) < 4.78 is 32.7. The smallest absolute Gasteiger partial charge is 0.387 e. The van der Waals surface area contributed by atoms with Crippen molar-refractivity contribution in [2.24, 2.45) is 0 Å². The lowest BCUT2D eigenvalue weighted by Gasteiger charge is -2.09. The highest BCUT2D eigenvalue weighted by Gasteiger charge is 2.10. The number of benzene rings is 1. The molecule has 0 saturated carbocycles. The number of esters is 1. The molecule has 0 aliphatic heterocycles. The van der Waals surface area contributed by atoms with Crippen molar-refractivity contribution in [3.8, 4) is 5.75 Å². The van der Waals surface area contributed by atoms with E-state index in [1.165, 1.54) is 25.3 Å². The first kappa shape index (κ1) is 17.2. The molecule has 5 nitrogen and oxygen atoms in total. The fourth-order valence-electron chi connectivity index (χ4n) is 1.49. The molecule has 0 aromatic heterocycles. The number of carbonyl (C=O) groups excluding carboxylic acids is 2. The summed E-state index contributed by atoms with van der Waals surface area (Å²) in [7, 11) is 1.27. The number of hydrogen-bond acceptors (Lipinski definition) is 4. The van der Waals surface area contributed by atoms with Crippen molar-refractivity contribution in [1.29, 1.82) is 0 Å². The lowest BCUT2D eigenvalue weighted by molar-refractivity contribution is -0.140. The predicted octanol–water partition coefficient (Wildman–Crippen LogP) is 3.22. The second-order valence-electron chi connectivity index (χ2n) is 4.00. The van der Waals surface area contributed by atoms with Crippen molar-refractivity contribution >= 4 is 29.2 Å². The maximum absolute atomic E-state index is 12.1. The van der Waals surface area contributed by atoms with Gasteiger partial charge < -0.3 is 14.8 Å². The number of amides is 1. The molecule has 1 aromatic carbocycles. The average Bonchev–Trinajstić information content (AvgIpc) is 2.41. The van der Waals surface area contributed by atoms with Crippen molar-refractivity contribution < 1.29 is 27.8 Å². The minimum atomic E-state index is -2.97. The van der Waals surface area contributed by atoms with Crippen molar-refractivity contribution in [3.63, 3.8) is 0 Å². The standard InChI is InChI=1S/C13H14ClF2NO4/c1-20-12(19)4-2-3-11(18)17-8-5-6-10(9(14)7-8)21-13(15)16/h5-7,13H,2-4H2,1H3,(H,17,18). The summed E-state index contributed by atoms with van der Waals surface area (Å²) in [6, 6.07) is 3.93. The summed E-state index contributed by atoms with van der Waals surface area (Å²) in [6.07, 6.45) is 0.618. The van der Waals surface area contributed by atoms with Gasteiger partial charge in [0.2, 0.25) is 5.91 Å². The second kappa shape index (κ2) is 8.41. The molecule has 0 bridgehead atoms. The van der Waals surface area contributed by atoms with Crippen LogP contribution in [0.2, 0.25) is 5.02 Å². The van der Waals surface area contributed by atoms with E-state index >= 15 is 0 Å². The highest BCUT2D eigenvalue weighted by molar-refractivity contribution is 6.32. The molecule has 1 amide bonds. The molecular weight excluding hydrogens is 308 g/mol. The van der Waals surface area contributed by atoms with E-state index in [1.807, 2.05) is 0 Å². The molecule has 0 unspecified atom stereocenters. The Morgan fingerprint density at radius 3 is 2.62 bits per heavy atom. The Bertz CT molecular complexity index is 511. The number of rotatable bonds is 7.